The van der Waals surface area contributed by atoms with Crippen molar-refractivity contribution < 1.29 is 9.59 Å². The van der Waals surface area contributed by atoms with Crippen LogP contribution in [0.5, 0.6) is 0 Å². The number of rotatable bonds is 7. The van der Waals surface area contributed by atoms with Gasteiger partial charge < -0.3 is 5.32 Å². The maximum absolute atomic E-state index is 12.5. The van der Waals surface area contributed by atoms with Crippen molar-refractivity contribution in [1.82, 2.24) is 9.91 Å². The van der Waals surface area contributed by atoms with Gasteiger partial charge in [0.25, 0.3) is 0 Å². The lowest BCUT2D eigenvalue weighted by Gasteiger charge is -2.33. The van der Waals surface area contributed by atoms with Crippen molar-refractivity contribution in [3.05, 3.63) is 65.7 Å². The molecule has 4 rings (SSSR count). The Labute approximate surface area is 190 Å². The summed E-state index contributed by atoms with van der Waals surface area (Å²) >= 11 is 0. The van der Waals surface area contributed by atoms with Crippen LogP contribution in [0.3, 0.4) is 0 Å². The summed E-state index contributed by atoms with van der Waals surface area (Å²) in [5.74, 6) is -0.265. The number of hydrazone groups is 1. The molecule has 0 aliphatic carbocycles. The van der Waals surface area contributed by atoms with Crippen molar-refractivity contribution in [2.45, 2.75) is 58.0 Å². The molecule has 1 N–H and O–H groups in total. The first-order valence-corrected chi connectivity index (χ1v) is 11.6. The Morgan fingerprint density at radius 1 is 1.00 bits per heavy atom. The van der Waals surface area contributed by atoms with E-state index in [2.05, 4.69) is 34.4 Å². The quantitative estimate of drug-likeness (QED) is 0.705. The molecule has 2 heterocycles. The lowest BCUT2D eigenvalue weighted by atomic mass is 10.0. The summed E-state index contributed by atoms with van der Waals surface area (Å²) in [7, 11) is 0. The SMILES string of the molecule is CC1CCCCN1Cc1ccc(NC(=O)CCC(=O)N2CCC(c3ccccc3)=N2)cc1. The minimum atomic E-state index is -0.151. The van der Waals surface area contributed by atoms with Gasteiger partial charge in [0.2, 0.25) is 11.8 Å². The maximum atomic E-state index is 12.5. The van der Waals surface area contributed by atoms with E-state index in [0.29, 0.717) is 12.6 Å². The molecule has 0 aromatic heterocycles. The van der Waals surface area contributed by atoms with Gasteiger partial charge in [-0.2, -0.15) is 5.10 Å². The largest absolute Gasteiger partial charge is 0.326 e. The molecular weight excluding hydrogens is 400 g/mol. The Balaban J connectivity index is 1.22. The molecule has 1 unspecified atom stereocenters. The van der Waals surface area contributed by atoms with Gasteiger partial charge in [-0.3, -0.25) is 14.5 Å². The molecule has 2 aliphatic heterocycles. The number of hydrogen-bond acceptors (Lipinski definition) is 4. The van der Waals surface area contributed by atoms with Crippen LogP contribution in [0, 0.1) is 0 Å². The zero-order chi connectivity index (χ0) is 22.3. The first kappa shape index (κ1) is 22.2. The van der Waals surface area contributed by atoms with E-state index >= 15 is 0 Å². The topological polar surface area (TPSA) is 65.0 Å². The fourth-order valence-electron chi connectivity index (χ4n) is 4.36. The second-order valence-corrected chi connectivity index (χ2v) is 8.74. The number of nitrogens with one attached hydrogen (secondary N) is 1. The van der Waals surface area contributed by atoms with Crippen molar-refractivity contribution in [3.63, 3.8) is 0 Å². The minimum absolute atomic E-state index is 0.114. The molecular formula is C26H32N4O2. The number of amides is 2. The van der Waals surface area contributed by atoms with Crippen molar-refractivity contribution in [3.8, 4) is 0 Å². The number of benzene rings is 2. The van der Waals surface area contributed by atoms with Crippen molar-refractivity contribution in [2.24, 2.45) is 5.10 Å². The Morgan fingerprint density at radius 2 is 1.78 bits per heavy atom. The molecule has 0 saturated carbocycles. The molecule has 1 atom stereocenters. The highest BCUT2D eigenvalue weighted by Gasteiger charge is 2.22. The molecule has 1 fully saturated rings. The third kappa shape index (κ3) is 5.82. The highest BCUT2D eigenvalue weighted by Crippen LogP contribution is 2.20. The van der Waals surface area contributed by atoms with E-state index in [-0.39, 0.29) is 24.7 Å². The number of hydrogen-bond donors (Lipinski definition) is 1. The first-order valence-electron chi connectivity index (χ1n) is 11.6. The van der Waals surface area contributed by atoms with Crippen LogP contribution in [0.25, 0.3) is 0 Å². The summed E-state index contributed by atoms with van der Waals surface area (Å²) in [5, 5.41) is 8.84. The van der Waals surface area contributed by atoms with Gasteiger partial charge in [-0.15, -0.1) is 0 Å². The number of likely N-dealkylation sites (tertiary alicyclic amines) is 1. The molecule has 0 bridgehead atoms. The lowest BCUT2D eigenvalue weighted by Crippen LogP contribution is -2.36. The van der Waals surface area contributed by atoms with Gasteiger partial charge in [0.1, 0.15) is 0 Å². The molecule has 2 amide bonds. The number of piperidine rings is 1. The van der Waals surface area contributed by atoms with E-state index in [9.17, 15) is 9.59 Å². The maximum Gasteiger partial charge on any atom is 0.243 e. The van der Waals surface area contributed by atoms with Crippen LogP contribution in [0.1, 0.15) is 56.6 Å². The van der Waals surface area contributed by atoms with E-state index < -0.39 is 0 Å². The van der Waals surface area contributed by atoms with Crippen molar-refractivity contribution in [2.75, 3.05) is 18.4 Å². The summed E-state index contributed by atoms with van der Waals surface area (Å²) in [6, 6.07) is 18.6. The van der Waals surface area contributed by atoms with Crippen LogP contribution >= 0.6 is 0 Å². The highest BCUT2D eigenvalue weighted by atomic mass is 16.2. The van der Waals surface area contributed by atoms with Crippen LogP contribution < -0.4 is 5.32 Å². The molecule has 2 aromatic rings. The smallest absolute Gasteiger partial charge is 0.243 e. The van der Waals surface area contributed by atoms with Crippen molar-refractivity contribution >= 4 is 23.2 Å². The first-order chi connectivity index (χ1) is 15.6. The monoisotopic (exact) mass is 432 g/mol. The molecule has 2 aliphatic rings. The van der Waals surface area contributed by atoms with Gasteiger partial charge >= 0.3 is 0 Å². The van der Waals surface area contributed by atoms with Gasteiger partial charge in [-0.25, -0.2) is 5.01 Å². The number of carbonyl (C=O) groups excluding carboxylic acids is 2. The fourth-order valence-corrected chi connectivity index (χ4v) is 4.36. The van der Waals surface area contributed by atoms with Crippen LogP contribution in [-0.2, 0) is 16.1 Å². The van der Waals surface area contributed by atoms with E-state index in [4.69, 9.17) is 0 Å². The van der Waals surface area contributed by atoms with Crippen LogP contribution in [0.15, 0.2) is 59.7 Å². The van der Waals surface area contributed by atoms with E-state index in [0.717, 1.165) is 36.5 Å². The average molecular weight is 433 g/mol. The van der Waals surface area contributed by atoms with Gasteiger partial charge in [-0.1, -0.05) is 48.9 Å². The normalized spacial score (nSPS) is 19.0. The molecule has 6 heteroatoms. The summed E-state index contributed by atoms with van der Waals surface area (Å²) in [5.41, 5.74) is 3.98. The number of anilines is 1. The average Bonchev–Trinajstić information content (AvgIpc) is 3.31. The molecule has 6 nitrogen and oxygen atoms in total. The minimum Gasteiger partial charge on any atom is -0.326 e. The predicted octanol–water partition coefficient (Wildman–Crippen LogP) is 4.42. The second-order valence-electron chi connectivity index (χ2n) is 8.74. The van der Waals surface area contributed by atoms with E-state index in [1.54, 1.807) is 0 Å². The third-order valence-corrected chi connectivity index (χ3v) is 6.33. The van der Waals surface area contributed by atoms with Crippen LogP contribution in [0.2, 0.25) is 0 Å². The summed E-state index contributed by atoms with van der Waals surface area (Å²) in [6.45, 7) is 4.97. The standard InChI is InChI=1S/C26H32N4O2/c1-20-7-5-6-17-29(20)19-21-10-12-23(13-11-21)27-25(31)14-15-26(32)30-18-16-24(28-30)22-8-3-2-4-9-22/h2-4,8-13,20H,5-7,14-19H2,1H3,(H,27,31). The number of nitrogens with zero attached hydrogens (tertiary/aromatic N) is 3. The Kier molecular flexibility index (Phi) is 7.32. The summed E-state index contributed by atoms with van der Waals surface area (Å²) in [4.78, 5) is 27.3. The predicted molar refractivity (Wildman–Crippen MR) is 127 cm³/mol. The number of carbonyl (C=O) groups is 2. The zero-order valence-electron chi connectivity index (χ0n) is 18.8. The van der Waals surface area contributed by atoms with Crippen LogP contribution in [-0.4, -0.2) is 46.6 Å². The van der Waals surface area contributed by atoms with Crippen molar-refractivity contribution in [1.29, 1.82) is 0 Å². The van der Waals surface area contributed by atoms with Gasteiger partial charge in [-0.05, 0) is 49.6 Å². The van der Waals surface area contributed by atoms with Gasteiger partial charge in [0.15, 0.2) is 0 Å². The Hall–Kier alpha value is -2.99. The molecule has 1 saturated heterocycles. The van der Waals surface area contributed by atoms with Crippen LogP contribution in [0.4, 0.5) is 5.69 Å². The Morgan fingerprint density at radius 3 is 2.53 bits per heavy atom. The molecule has 0 radical (unpaired) electrons. The second kappa shape index (κ2) is 10.6. The van der Waals surface area contributed by atoms with E-state index in [1.165, 1.54) is 29.8 Å². The highest BCUT2D eigenvalue weighted by molar-refractivity contribution is 6.02. The fraction of sp³-hybridized carbons (Fsp3) is 0.423. The van der Waals surface area contributed by atoms with E-state index in [1.807, 2.05) is 42.5 Å². The molecule has 168 valence electrons. The molecule has 2 aromatic carbocycles. The van der Waals surface area contributed by atoms with Gasteiger partial charge in [0.05, 0.1) is 12.3 Å². The molecule has 0 spiro atoms. The molecule has 32 heavy (non-hydrogen) atoms. The lowest BCUT2D eigenvalue weighted by molar-refractivity contribution is -0.132. The zero-order valence-corrected chi connectivity index (χ0v) is 18.8. The Bertz CT molecular complexity index is 956. The summed E-state index contributed by atoms with van der Waals surface area (Å²) in [6.07, 6.45) is 4.91. The van der Waals surface area contributed by atoms with Gasteiger partial charge in [0, 0.05) is 37.5 Å². The third-order valence-electron chi connectivity index (χ3n) is 6.33. The summed E-state index contributed by atoms with van der Waals surface area (Å²) < 4.78 is 0.